The third-order valence-corrected chi connectivity index (χ3v) is 6.21. The van der Waals surface area contributed by atoms with Gasteiger partial charge in [-0.05, 0) is 32.6 Å². The molecule has 0 aliphatic rings. The lowest BCUT2D eigenvalue weighted by atomic mass is 10.1. The fraction of sp³-hybridized carbons (Fsp3) is 0.269. The van der Waals surface area contributed by atoms with Crippen LogP contribution in [0.1, 0.15) is 28.8 Å². The van der Waals surface area contributed by atoms with Crippen LogP contribution < -0.4 is 10.6 Å². The van der Waals surface area contributed by atoms with Crippen molar-refractivity contribution >= 4 is 28.7 Å². The Hall–Kier alpha value is -3.69. The molecule has 4 rings (SSSR count). The van der Waals surface area contributed by atoms with Crippen LogP contribution in [-0.2, 0) is 6.42 Å². The van der Waals surface area contributed by atoms with Gasteiger partial charge in [0.25, 0.3) is 5.91 Å². The lowest BCUT2D eigenvalue weighted by molar-refractivity contribution is 0.102. The van der Waals surface area contributed by atoms with Crippen LogP contribution >= 0.6 is 11.3 Å². The molecule has 8 nitrogen and oxygen atoms in total. The maximum Gasteiger partial charge on any atom is 0.274 e. The number of carbonyl (C=O) groups is 1. The van der Waals surface area contributed by atoms with Gasteiger partial charge < -0.3 is 15.5 Å². The highest BCUT2D eigenvalue weighted by Crippen LogP contribution is 2.31. The summed E-state index contributed by atoms with van der Waals surface area (Å²) in [7, 11) is 4.02. The number of amides is 1. The molecule has 0 saturated heterocycles. The van der Waals surface area contributed by atoms with Crippen LogP contribution in [0.3, 0.4) is 0 Å². The van der Waals surface area contributed by atoms with E-state index in [-0.39, 0.29) is 11.6 Å². The lowest BCUT2D eigenvalue weighted by Gasteiger charge is -2.13. The van der Waals surface area contributed by atoms with Crippen molar-refractivity contribution in [3.63, 3.8) is 0 Å². The van der Waals surface area contributed by atoms with Gasteiger partial charge in [-0.3, -0.25) is 4.79 Å². The van der Waals surface area contributed by atoms with E-state index in [0.29, 0.717) is 23.9 Å². The van der Waals surface area contributed by atoms with Crippen LogP contribution in [0.4, 0.5) is 11.5 Å². The van der Waals surface area contributed by atoms with E-state index >= 15 is 0 Å². The Morgan fingerprint density at radius 2 is 1.77 bits per heavy atom. The molecule has 4 aromatic rings. The predicted octanol–water partition coefficient (Wildman–Crippen LogP) is 4.84. The standard InChI is InChI=1S/C26H29N7OS/c1-4-10-23-31-32-26(35-23)19-13-8-9-14-20(19)29-25(34)21-17-22(27-15-16-33(2)3)30-24(28-21)18-11-6-5-7-12-18/h5-9,11-14,17H,4,10,15-16H2,1-3H3,(H,29,34)(H,27,28,30). The molecule has 9 heteroatoms. The number of nitrogens with one attached hydrogen (secondary N) is 2. The van der Waals surface area contributed by atoms with Gasteiger partial charge >= 0.3 is 0 Å². The van der Waals surface area contributed by atoms with E-state index in [1.807, 2.05) is 68.7 Å². The monoisotopic (exact) mass is 487 g/mol. The average molecular weight is 488 g/mol. The van der Waals surface area contributed by atoms with E-state index in [2.05, 4.69) is 42.6 Å². The molecule has 2 aromatic heterocycles. The third kappa shape index (κ3) is 6.46. The number of hydrogen-bond donors (Lipinski definition) is 2. The van der Waals surface area contributed by atoms with Gasteiger partial charge in [0.1, 0.15) is 21.5 Å². The van der Waals surface area contributed by atoms with E-state index < -0.39 is 0 Å². The minimum atomic E-state index is -0.314. The maximum atomic E-state index is 13.4. The number of carbonyl (C=O) groups excluding carboxylic acids is 1. The number of anilines is 2. The Morgan fingerprint density at radius 1 is 1.00 bits per heavy atom. The minimum absolute atomic E-state index is 0.282. The average Bonchev–Trinajstić information content (AvgIpc) is 3.33. The lowest BCUT2D eigenvalue weighted by Crippen LogP contribution is -2.22. The minimum Gasteiger partial charge on any atom is -0.369 e. The van der Waals surface area contributed by atoms with Gasteiger partial charge in [0.15, 0.2) is 5.82 Å². The van der Waals surface area contributed by atoms with Crippen LogP contribution in [0.5, 0.6) is 0 Å². The Kier molecular flexibility index (Phi) is 8.12. The van der Waals surface area contributed by atoms with Crippen molar-refractivity contribution in [2.45, 2.75) is 19.8 Å². The number of benzene rings is 2. The van der Waals surface area contributed by atoms with Crippen molar-refractivity contribution in [1.29, 1.82) is 0 Å². The molecule has 0 bridgehead atoms. The Bertz CT molecular complexity index is 1270. The van der Waals surface area contributed by atoms with Gasteiger partial charge in [0, 0.05) is 36.7 Å². The summed E-state index contributed by atoms with van der Waals surface area (Å²) in [6.07, 6.45) is 1.90. The van der Waals surface area contributed by atoms with Crippen LogP contribution in [0, 0.1) is 0 Å². The molecule has 0 fully saturated rings. The molecule has 0 aliphatic carbocycles. The number of para-hydroxylation sites is 1. The van der Waals surface area contributed by atoms with E-state index in [1.54, 1.807) is 17.4 Å². The summed E-state index contributed by atoms with van der Waals surface area (Å²) in [5.74, 6) is 0.783. The Labute approximate surface area is 209 Å². The van der Waals surface area contributed by atoms with Gasteiger partial charge in [0.2, 0.25) is 0 Å². The highest BCUT2D eigenvalue weighted by Gasteiger charge is 2.17. The number of likely N-dealkylation sites (N-methyl/N-ethyl adjacent to an activating group) is 1. The van der Waals surface area contributed by atoms with Gasteiger partial charge in [-0.2, -0.15) is 0 Å². The number of aryl methyl sites for hydroxylation is 1. The summed E-state index contributed by atoms with van der Waals surface area (Å²) >= 11 is 1.55. The van der Waals surface area contributed by atoms with E-state index in [1.165, 1.54) is 0 Å². The Morgan fingerprint density at radius 3 is 2.54 bits per heavy atom. The number of hydrogen-bond acceptors (Lipinski definition) is 8. The second-order valence-corrected chi connectivity index (χ2v) is 9.37. The van der Waals surface area contributed by atoms with Crippen LogP contribution in [0.2, 0.25) is 0 Å². The van der Waals surface area contributed by atoms with Gasteiger partial charge in [-0.15, -0.1) is 10.2 Å². The normalized spacial score (nSPS) is 11.0. The summed E-state index contributed by atoms with van der Waals surface area (Å²) in [5.41, 5.74) is 2.63. The first-order chi connectivity index (χ1) is 17.0. The largest absolute Gasteiger partial charge is 0.369 e. The van der Waals surface area contributed by atoms with Crippen LogP contribution in [0.25, 0.3) is 22.0 Å². The molecule has 0 radical (unpaired) electrons. The van der Waals surface area contributed by atoms with E-state index in [0.717, 1.165) is 40.5 Å². The van der Waals surface area contributed by atoms with Crippen molar-refractivity contribution in [2.24, 2.45) is 0 Å². The number of rotatable bonds is 10. The molecular formula is C26H29N7OS. The summed E-state index contributed by atoms with van der Waals surface area (Å²) in [4.78, 5) is 24.6. The summed E-state index contributed by atoms with van der Waals surface area (Å²) < 4.78 is 0. The first kappa shape index (κ1) is 24.4. The van der Waals surface area contributed by atoms with Crippen molar-refractivity contribution in [3.8, 4) is 22.0 Å². The SMILES string of the molecule is CCCc1nnc(-c2ccccc2NC(=O)c2cc(NCCN(C)C)nc(-c3ccccc3)n2)s1. The van der Waals surface area contributed by atoms with Crippen LogP contribution in [-0.4, -0.2) is 58.2 Å². The van der Waals surface area contributed by atoms with Crippen molar-refractivity contribution in [3.05, 3.63) is 71.4 Å². The van der Waals surface area contributed by atoms with E-state index in [9.17, 15) is 4.79 Å². The zero-order valence-corrected chi connectivity index (χ0v) is 21.0. The summed E-state index contributed by atoms with van der Waals surface area (Å²) in [6, 6.07) is 19.0. The molecule has 0 spiro atoms. The van der Waals surface area contributed by atoms with Gasteiger partial charge in [-0.1, -0.05) is 60.7 Å². The number of aromatic nitrogens is 4. The molecule has 180 valence electrons. The molecule has 2 aromatic carbocycles. The van der Waals surface area contributed by atoms with Crippen molar-refractivity contribution in [2.75, 3.05) is 37.8 Å². The first-order valence-corrected chi connectivity index (χ1v) is 12.4. The first-order valence-electron chi connectivity index (χ1n) is 11.6. The molecule has 0 unspecified atom stereocenters. The maximum absolute atomic E-state index is 13.4. The molecule has 0 atom stereocenters. The van der Waals surface area contributed by atoms with Crippen molar-refractivity contribution < 1.29 is 4.79 Å². The fourth-order valence-corrected chi connectivity index (χ4v) is 4.40. The molecule has 35 heavy (non-hydrogen) atoms. The molecule has 2 N–H and O–H groups in total. The molecule has 0 aliphatic heterocycles. The van der Waals surface area contributed by atoms with Gasteiger partial charge in [0.05, 0.1) is 5.69 Å². The third-order valence-electron chi connectivity index (χ3n) is 5.19. The Balaban J connectivity index is 1.62. The summed E-state index contributed by atoms with van der Waals surface area (Å²) in [5, 5.41) is 16.7. The van der Waals surface area contributed by atoms with E-state index in [4.69, 9.17) is 0 Å². The smallest absolute Gasteiger partial charge is 0.274 e. The highest BCUT2D eigenvalue weighted by atomic mass is 32.1. The zero-order valence-electron chi connectivity index (χ0n) is 20.2. The van der Waals surface area contributed by atoms with Gasteiger partial charge in [-0.25, -0.2) is 9.97 Å². The summed E-state index contributed by atoms with van der Waals surface area (Å²) in [6.45, 7) is 3.64. The van der Waals surface area contributed by atoms with Crippen molar-refractivity contribution in [1.82, 2.24) is 25.1 Å². The molecule has 1 amide bonds. The topological polar surface area (TPSA) is 95.9 Å². The predicted molar refractivity (Wildman–Crippen MR) is 142 cm³/mol. The van der Waals surface area contributed by atoms with Crippen LogP contribution in [0.15, 0.2) is 60.7 Å². The zero-order chi connectivity index (χ0) is 24.6. The molecule has 0 saturated carbocycles. The highest BCUT2D eigenvalue weighted by molar-refractivity contribution is 7.14. The second kappa shape index (κ2) is 11.6. The second-order valence-electron chi connectivity index (χ2n) is 8.31. The molecular weight excluding hydrogens is 458 g/mol. The molecule has 2 heterocycles. The quantitative estimate of drug-likeness (QED) is 0.330. The fourth-order valence-electron chi connectivity index (χ4n) is 3.42. The number of nitrogens with zero attached hydrogens (tertiary/aromatic N) is 5.